The van der Waals surface area contributed by atoms with Crippen molar-refractivity contribution < 1.29 is 18.7 Å². The van der Waals surface area contributed by atoms with Crippen LogP contribution in [0.3, 0.4) is 0 Å². The van der Waals surface area contributed by atoms with Crippen molar-refractivity contribution in [2.45, 2.75) is 0 Å². The molecule has 10 rings (SSSR count). The van der Waals surface area contributed by atoms with E-state index in [-0.39, 0.29) is 5.75 Å². The van der Waals surface area contributed by atoms with Gasteiger partial charge in [0.15, 0.2) is 10.3 Å². The molecule has 0 unspecified atom stereocenters. The average molecular weight is 785 g/mol. The van der Waals surface area contributed by atoms with Gasteiger partial charge in [-0.2, -0.15) is 10.5 Å². The molecule has 0 fully saturated rings. The summed E-state index contributed by atoms with van der Waals surface area (Å²) in [4.78, 5) is 21.0. The lowest BCUT2D eigenvalue weighted by atomic mass is 10.1. The second-order valence-corrected chi connectivity index (χ2v) is 14.2. The molecule has 0 atom stereocenters. The number of fused-ring (bicyclic) bond motifs is 4. The Morgan fingerprint density at radius 3 is 1.91 bits per heavy atom. The number of aromatic nitrogens is 2. The molecular formula is C40H29ClN8O4S2. The number of nitriles is 2. The number of phenolic OH excluding ortho intramolecular Hbond substituents is 1. The summed E-state index contributed by atoms with van der Waals surface area (Å²) in [5.41, 5.74) is 6.14. The summed E-state index contributed by atoms with van der Waals surface area (Å²) >= 11 is 9.02. The zero-order valence-corrected chi connectivity index (χ0v) is 31.3. The highest BCUT2D eigenvalue weighted by Crippen LogP contribution is 2.34. The van der Waals surface area contributed by atoms with E-state index >= 15 is 0 Å². The SMILES string of the molecule is ClCC1=CSC2=NCCN12.N#Cc1cnccc1-c1cc2cc(O)ccc2o1.N#Cc1cnccc1-c1cc2cc(OCC3=CSC4=NCCN34)ccc2o1. The smallest absolute Gasteiger partial charge is 0.168 e. The number of phenols is 1. The molecule has 4 aromatic heterocycles. The highest BCUT2D eigenvalue weighted by atomic mass is 35.5. The minimum atomic E-state index is 0.185. The lowest BCUT2D eigenvalue weighted by Gasteiger charge is -2.16. The molecule has 272 valence electrons. The Balaban J connectivity index is 0.000000130. The molecule has 0 amide bonds. The fourth-order valence-electron chi connectivity index (χ4n) is 6.13. The fraction of sp³-hybridized carbons (Fsp3) is 0.150. The minimum Gasteiger partial charge on any atom is -0.508 e. The number of furan rings is 2. The van der Waals surface area contributed by atoms with Crippen molar-refractivity contribution in [1.82, 2.24) is 19.8 Å². The highest BCUT2D eigenvalue weighted by molar-refractivity contribution is 8.16. The number of ether oxygens (including phenoxy) is 1. The van der Waals surface area contributed by atoms with E-state index in [9.17, 15) is 10.4 Å². The van der Waals surface area contributed by atoms with Crippen molar-refractivity contribution in [3.63, 3.8) is 0 Å². The normalized spacial score (nSPS) is 15.1. The molecule has 0 saturated carbocycles. The van der Waals surface area contributed by atoms with Gasteiger partial charge in [0.2, 0.25) is 0 Å². The third-order valence-corrected chi connectivity index (χ3v) is 11.0. The first kappa shape index (κ1) is 35.8. The number of thioether (sulfide) groups is 2. The number of amidine groups is 2. The number of hydrogen-bond acceptors (Lipinski definition) is 14. The summed E-state index contributed by atoms with van der Waals surface area (Å²) in [6.45, 7) is 4.22. The number of rotatable bonds is 6. The van der Waals surface area contributed by atoms with Crippen LogP contribution >= 0.6 is 35.1 Å². The molecular weight excluding hydrogens is 756 g/mol. The number of aromatic hydroxyl groups is 1. The van der Waals surface area contributed by atoms with E-state index in [0.29, 0.717) is 46.3 Å². The molecule has 2 aromatic carbocycles. The second-order valence-electron chi connectivity index (χ2n) is 12.2. The predicted octanol–water partition coefficient (Wildman–Crippen LogP) is 8.56. The molecule has 8 heterocycles. The van der Waals surface area contributed by atoms with Crippen LogP contribution in [0.5, 0.6) is 11.5 Å². The number of aliphatic imine (C=N–C) groups is 2. The van der Waals surface area contributed by atoms with Crippen LogP contribution in [0, 0.1) is 22.7 Å². The van der Waals surface area contributed by atoms with E-state index < -0.39 is 0 Å². The molecule has 4 aliphatic heterocycles. The van der Waals surface area contributed by atoms with E-state index in [1.54, 1.807) is 78.5 Å². The van der Waals surface area contributed by atoms with Crippen molar-refractivity contribution in [1.29, 1.82) is 10.5 Å². The predicted molar refractivity (Wildman–Crippen MR) is 216 cm³/mol. The van der Waals surface area contributed by atoms with E-state index in [2.05, 4.69) is 52.7 Å². The van der Waals surface area contributed by atoms with Crippen LogP contribution in [0.2, 0.25) is 0 Å². The van der Waals surface area contributed by atoms with Gasteiger partial charge in [0.05, 0.1) is 35.8 Å². The van der Waals surface area contributed by atoms with Gasteiger partial charge in [-0.3, -0.25) is 20.0 Å². The van der Waals surface area contributed by atoms with Crippen molar-refractivity contribution in [2.75, 3.05) is 38.7 Å². The molecule has 55 heavy (non-hydrogen) atoms. The zero-order chi connectivity index (χ0) is 37.7. The second kappa shape index (κ2) is 16.0. The summed E-state index contributed by atoms with van der Waals surface area (Å²) in [5, 5.41) is 35.8. The third kappa shape index (κ3) is 7.61. The van der Waals surface area contributed by atoms with Gasteiger partial charge in [0, 0.05) is 70.9 Å². The summed E-state index contributed by atoms with van der Waals surface area (Å²) in [7, 11) is 0. The molecule has 0 aliphatic carbocycles. The topological polar surface area (TPSA) is 160 Å². The number of halogens is 1. The molecule has 6 aromatic rings. The molecule has 0 bridgehead atoms. The summed E-state index contributed by atoms with van der Waals surface area (Å²) in [5.74, 6) is 2.81. The maximum atomic E-state index is 9.41. The lowest BCUT2D eigenvalue weighted by Crippen LogP contribution is -2.24. The fourth-order valence-corrected chi connectivity index (χ4v) is 8.34. The summed E-state index contributed by atoms with van der Waals surface area (Å²) < 4.78 is 17.6. The van der Waals surface area contributed by atoms with Gasteiger partial charge in [0.25, 0.3) is 0 Å². The van der Waals surface area contributed by atoms with Crippen LogP contribution in [0.1, 0.15) is 11.1 Å². The van der Waals surface area contributed by atoms with Gasteiger partial charge in [-0.25, -0.2) is 0 Å². The van der Waals surface area contributed by atoms with Gasteiger partial charge < -0.3 is 28.5 Å². The Hall–Kier alpha value is -6.19. The number of benzene rings is 2. The maximum absolute atomic E-state index is 9.41. The Morgan fingerprint density at radius 2 is 1.31 bits per heavy atom. The van der Waals surface area contributed by atoms with Crippen molar-refractivity contribution in [3.8, 4) is 46.3 Å². The average Bonchev–Trinajstić information content (AvgIpc) is 4.07. The first-order valence-corrected chi connectivity index (χ1v) is 19.3. The largest absolute Gasteiger partial charge is 0.508 e. The standard InChI is InChI=1S/C20H14N4O2S.C14H8N2O2.C6H7ClN2S/c21-9-14-10-22-4-3-17(14)19-8-13-7-16(1-2-18(13)26-19)25-11-15-12-27-20-23-5-6-24(15)20;15-7-10-8-16-4-3-12(10)14-6-9-5-11(17)1-2-13(9)18-14;7-3-5-4-10-6-8-1-2-9(5)6/h1-4,7-8,10,12H,5-6,11H2;1-6,8,17H;4H,1-3H2. The lowest BCUT2D eigenvalue weighted by molar-refractivity contribution is 0.322. The molecule has 0 spiro atoms. The quantitative estimate of drug-likeness (QED) is 0.161. The molecule has 15 heteroatoms. The Bertz CT molecular complexity index is 2640. The van der Waals surface area contributed by atoms with E-state index in [1.165, 1.54) is 11.9 Å². The first-order chi connectivity index (χ1) is 27.0. The van der Waals surface area contributed by atoms with Crippen molar-refractivity contribution in [2.24, 2.45) is 9.98 Å². The monoisotopic (exact) mass is 784 g/mol. The Labute approximate surface area is 328 Å². The third-order valence-electron chi connectivity index (χ3n) is 8.82. The highest BCUT2D eigenvalue weighted by Gasteiger charge is 2.27. The van der Waals surface area contributed by atoms with Crippen LogP contribution in [-0.2, 0) is 0 Å². The Kier molecular flexibility index (Phi) is 10.4. The van der Waals surface area contributed by atoms with Crippen molar-refractivity contribution >= 4 is 67.4 Å². The number of pyridine rings is 2. The number of alkyl halides is 1. The van der Waals surface area contributed by atoms with Crippen LogP contribution in [0.25, 0.3) is 44.6 Å². The van der Waals surface area contributed by atoms with Gasteiger partial charge in [-0.1, -0.05) is 23.5 Å². The van der Waals surface area contributed by atoms with Gasteiger partial charge in [-0.05, 0) is 66.1 Å². The maximum Gasteiger partial charge on any atom is 0.168 e. The van der Waals surface area contributed by atoms with Crippen LogP contribution in [-0.4, -0.2) is 73.9 Å². The zero-order valence-electron chi connectivity index (χ0n) is 28.9. The molecule has 12 nitrogen and oxygen atoms in total. The first-order valence-electron chi connectivity index (χ1n) is 17.0. The number of nitrogens with zero attached hydrogens (tertiary/aromatic N) is 8. The molecule has 0 saturated heterocycles. The van der Waals surface area contributed by atoms with Gasteiger partial charge >= 0.3 is 0 Å². The minimum absolute atomic E-state index is 0.185. The molecule has 0 radical (unpaired) electrons. The van der Waals surface area contributed by atoms with Crippen LogP contribution in [0.15, 0.2) is 126 Å². The number of hydrogen-bond donors (Lipinski definition) is 1. The van der Waals surface area contributed by atoms with E-state index in [0.717, 1.165) is 69.9 Å². The molecule has 4 aliphatic rings. The van der Waals surface area contributed by atoms with Crippen molar-refractivity contribution in [3.05, 3.63) is 119 Å². The Morgan fingerprint density at radius 1 is 0.745 bits per heavy atom. The van der Waals surface area contributed by atoms with Crippen LogP contribution < -0.4 is 4.74 Å². The summed E-state index contributed by atoms with van der Waals surface area (Å²) in [6, 6.07) is 22.1. The van der Waals surface area contributed by atoms with E-state index in [1.807, 2.05) is 24.3 Å². The van der Waals surface area contributed by atoms with Gasteiger partial charge in [-0.15, -0.1) is 11.6 Å². The molecule has 1 N–H and O–H groups in total. The van der Waals surface area contributed by atoms with Crippen LogP contribution in [0.4, 0.5) is 0 Å². The van der Waals surface area contributed by atoms with E-state index in [4.69, 9.17) is 30.4 Å². The summed E-state index contributed by atoms with van der Waals surface area (Å²) in [6.07, 6.45) is 6.31. The van der Waals surface area contributed by atoms with Gasteiger partial charge in [0.1, 0.15) is 52.9 Å². The number of allylic oxidation sites excluding steroid dienone is 1.